The van der Waals surface area contributed by atoms with Crippen LogP contribution in [0.1, 0.15) is 29.6 Å². The van der Waals surface area contributed by atoms with Gasteiger partial charge in [-0.25, -0.2) is 4.79 Å². The molecule has 0 spiro atoms. The van der Waals surface area contributed by atoms with Crippen LogP contribution in [0.5, 0.6) is 17.2 Å². The standard InChI is InChI=1S/C19H18N2O5/c22-18(13-4-3-8-20-11-13)21-9-2-1-5-15(21)19(23)26-14-6-7-16-17(10-14)25-12-24-16/h3-4,6-8,10-11,15H,1-2,5,9,12H2. The van der Waals surface area contributed by atoms with E-state index in [2.05, 4.69) is 4.98 Å². The van der Waals surface area contributed by atoms with Gasteiger partial charge in [0.15, 0.2) is 11.5 Å². The number of hydrogen-bond donors (Lipinski definition) is 0. The lowest BCUT2D eigenvalue weighted by atomic mass is 10.0. The number of aromatic nitrogens is 1. The molecule has 1 atom stereocenters. The number of carbonyl (C=O) groups excluding carboxylic acids is 2. The second kappa shape index (κ2) is 7.03. The Labute approximate surface area is 150 Å². The van der Waals surface area contributed by atoms with Crippen LogP contribution in [0.3, 0.4) is 0 Å². The van der Waals surface area contributed by atoms with Crippen LogP contribution >= 0.6 is 0 Å². The molecule has 1 fully saturated rings. The SMILES string of the molecule is O=C(Oc1ccc2c(c1)OCO2)C1CCCCN1C(=O)c1cccnc1. The molecule has 7 heteroatoms. The smallest absolute Gasteiger partial charge is 0.334 e. The quantitative estimate of drug-likeness (QED) is 0.622. The zero-order valence-corrected chi connectivity index (χ0v) is 14.1. The third-order valence-corrected chi connectivity index (χ3v) is 4.51. The van der Waals surface area contributed by atoms with E-state index in [1.54, 1.807) is 41.4 Å². The molecule has 4 rings (SSSR count). The lowest BCUT2D eigenvalue weighted by molar-refractivity contribution is -0.140. The maximum Gasteiger partial charge on any atom is 0.334 e. The Kier molecular flexibility index (Phi) is 4.43. The van der Waals surface area contributed by atoms with Gasteiger partial charge in [0.1, 0.15) is 11.8 Å². The Morgan fingerprint density at radius 3 is 2.88 bits per heavy atom. The Hall–Kier alpha value is -3.09. The maximum absolute atomic E-state index is 12.8. The van der Waals surface area contributed by atoms with E-state index in [0.717, 1.165) is 12.8 Å². The van der Waals surface area contributed by atoms with Crippen LogP contribution in [-0.4, -0.2) is 41.1 Å². The lowest BCUT2D eigenvalue weighted by Gasteiger charge is -2.34. The van der Waals surface area contributed by atoms with Gasteiger partial charge in [0.05, 0.1) is 5.56 Å². The molecule has 1 aromatic heterocycles. The van der Waals surface area contributed by atoms with Crippen molar-refractivity contribution in [3.05, 3.63) is 48.3 Å². The molecule has 0 N–H and O–H groups in total. The van der Waals surface area contributed by atoms with E-state index in [1.807, 2.05) is 0 Å². The van der Waals surface area contributed by atoms with E-state index >= 15 is 0 Å². The van der Waals surface area contributed by atoms with Crippen LogP contribution in [0.4, 0.5) is 0 Å². The minimum atomic E-state index is -0.609. The second-order valence-electron chi connectivity index (χ2n) is 6.19. The summed E-state index contributed by atoms with van der Waals surface area (Å²) in [5.74, 6) is 0.892. The summed E-state index contributed by atoms with van der Waals surface area (Å²) in [6.45, 7) is 0.678. The van der Waals surface area contributed by atoms with Crippen molar-refractivity contribution in [3.63, 3.8) is 0 Å². The Morgan fingerprint density at radius 2 is 2.04 bits per heavy atom. The van der Waals surface area contributed by atoms with Crippen LogP contribution in [0.2, 0.25) is 0 Å². The number of rotatable bonds is 3. The number of carbonyl (C=O) groups is 2. The third kappa shape index (κ3) is 3.20. The predicted octanol–water partition coefficient (Wildman–Crippen LogP) is 2.41. The van der Waals surface area contributed by atoms with E-state index in [1.165, 1.54) is 6.20 Å². The number of pyridine rings is 1. The fourth-order valence-corrected chi connectivity index (χ4v) is 3.20. The van der Waals surface area contributed by atoms with E-state index in [0.29, 0.717) is 35.8 Å². The van der Waals surface area contributed by atoms with Crippen LogP contribution in [0.15, 0.2) is 42.7 Å². The van der Waals surface area contributed by atoms with Crippen molar-refractivity contribution in [1.29, 1.82) is 0 Å². The Morgan fingerprint density at radius 1 is 1.15 bits per heavy atom. The van der Waals surface area contributed by atoms with Crippen LogP contribution in [0, 0.1) is 0 Å². The molecular formula is C19H18N2O5. The Balaban J connectivity index is 1.50. The van der Waals surface area contributed by atoms with Gasteiger partial charge in [0.25, 0.3) is 5.91 Å². The number of esters is 1. The molecule has 1 saturated heterocycles. The number of nitrogens with zero attached hydrogens (tertiary/aromatic N) is 2. The van der Waals surface area contributed by atoms with Crippen molar-refractivity contribution in [2.24, 2.45) is 0 Å². The van der Waals surface area contributed by atoms with Gasteiger partial charge >= 0.3 is 5.97 Å². The predicted molar refractivity (Wildman–Crippen MR) is 91.1 cm³/mol. The summed E-state index contributed by atoms with van der Waals surface area (Å²) >= 11 is 0. The molecule has 26 heavy (non-hydrogen) atoms. The van der Waals surface area contributed by atoms with Gasteiger partial charge in [0, 0.05) is 25.0 Å². The van der Waals surface area contributed by atoms with E-state index < -0.39 is 12.0 Å². The molecule has 1 amide bonds. The summed E-state index contributed by atoms with van der Waals surface area (Å²) in [5.41, 5.74) is 0.468. The average molecular weight is 354 g/mol. The topological polar surface area (TPSA) is 78.0 Å². The number of amides is 1. The van der Waals surface area contributed by atoms with E-state index in [4.69, 9.17) is 14.2 Å². The molecule has 7 nitrogen and oxygen atoms in total. The fraction of sp³-hybridized carbons (Fsp3) is 0.316. The minimum Gasteiger partial charge on any atom is -0.454 e. The second-order valence-corrected chi connectivity index (χ2v) is 6.19. The van der Waals surface area contributed by atoms with Gasteiger partial charge in [-0.1, -0.05) is 0 Å². The van der Waals surface area contributed by atoms with Crippen molar-refractivity contribution in [2.45, 2.75) is 25.3 Å². The van der Waals surface area contributed by atoms with Gasteiger partial charge in [-0.05, 0) is 43.5 Å². The molecule has 3 heterocycles. The normalized spacial score (nSPS) is 18.5. The molecule has 1 unspecified atom stereocenters. The number of fused-ring (bicyclic) bond motifs is 1. The summed E-state index contributed by atoms with van der Waals surface area (Å²) in [7, 11) is 0. The van der Waals surface area contributed by atoms with Crippen molar-refractivity contribution < 1.29 is 23.8 Å². The molecule has 134 valence electrons. The van der Waals surface area contributed by atoms with Gasteiger partial charge in [-0.2, -0.15) is 0 Å². The molecule has 1 aromatic carbocycles. The summed E-state index contributed by atoms with van der Waals surface area (Å²) in [4.78, 5) is 31.0. The molecule has 0 saturated carbocycles. The highest BCUT2D eigenvalue weighted by molar-refractivity contribution is 5.96. The van der Waals surface area contributed by atoms with Crippen molar-refractivity contribution in [2.75, 3.05) is 13.3 Å². The number of piperidine rings is 1. The highest BCUT2D eigenvalue weighted by atomic mass is 16.7. The van der Waals surface area contributed by atoms with E-state index in [-0.39, 0.29) is 12.7 Å². The fourth-order valence-electron chi connectivity index (χ4n) is 3.20. The molecule has 2 aliphatic heterocycles. The van der Waals surface area contributed by atoms with Crippen molar-refractivity contribution >= 4 is 11.9 Å². The van der Waals surface area contributed by atoms with Gasteiger partial charge in [-0.3, -0.25) is 9.78 Å². The highest BCUT2D eigenvalue weighted by Crippen LogP contribution is 2.35. The minimum absolute atomic E-state index is 0.156. The van der Waals surface area contributed by atoms with Gasteiger partial charge in [0.2, 0.25) is 6.79 Å². The average Bonchev–Trinajstić information content (AvgIpc) is 3.16. The molecule has 0 bridgehead atoms. The first-order valence-electron chi connectivity index (χ1n) is 8.55. The lowest BCUT2D eigenvalue weighted by Crippen LogP contribution is -2.49. The van der Waals surface area contributed by atoms with Crippen LogP contribution < -0.4 is 14.2 Å². The number of benzene rings is 1. The first-order chi connectivity index (χ1) is 12.7. The molecular weight excluding hydrogens is 336 g/mol. The zero-order chi connectivity index (χ0) is 17.9. The highest BCUT2D eigenvalue weighted by Gasteiger charge is 2.34. The zero-order valence-electron chi connectivity index (χ0n) is 14.1. The van der Waals surface area contributed by atoms with Gasteiger partial charge < -0.3 is 19.1 Å². The largest absolute Gasteiger partial charge is 0.454 e. The van der Waals surface area contributed by atoms with Crippen LogP contribution in [-0.2, 0) is 4.79 Å². The van der Waals surface area contributed by atoms with Crippen molar-refractivity contribution in [3.8, 4) is 17.2 Å². The van der Waals surface area contributed by atoms with E-state index in [9.17, 15) is 9.59 Å². The molecule has 0 radical (unpaired) electrons. The van der Waals surface area contributed by atoms with Crippen LogP contribution in [0.25, 0.3) is 0 Å². The summed E-state index contributed by atoms with van der Waals surface area (Å²) in [5, 5.41) is 0. The molecule has 2 aliphatic rings. The van der Waals surface area contributed by atoms with Crippen molar-refractivity contribution in [1.82, 2.24) is 9.88 Å². The Bertz CT molecular complexity index is 824. The molecule has 0 aliphatic carbocycles. The summed E-state index contributed by atoms with van der Waals surface area (Å²) in [6.07, 6.45) is 5.43. The number of likely N-dealkylation sites (tertiary alicyclic amines) is 1. The number of ether oxygens (including phenoxy) is 3. The molecule has 2 aromatic rings. The third-order valence-electron chi connectivity index (χ3n) is 4.51. The first kappa shape index (κ1) is 16.4. The first-order valence-corrected chi connectivity index (χ1v) is 8.55. The van der Waals surface area contributed by atoms with Gasteiger partial charge in [-0.15, -0.1) is 0 Å². The monoisotopic (exact) mass is 354 g/mol. The summed E-state index contributed by atoms with van der Waals surface area (Å²) < 4.78 is 16.1. The maximum atomic E-state index is 12.8. The number of hydrogen-bond acceptors (Lipinski definition) is 6. The summed E-state index contributed by atoms with van der Waals surface area (Å²) in [6, 6.07) is 7.77.